The lowest BCUT2D eigenvalue weighted by molar-refractivity contribution is -0.142. The number of aryl methyl sites for hydroxylation is 1. The first-order valence-electron chi connectivity index (χ1n) is 5.86. The average Bonchev–Trinajstić information content (AvgIpc) is 2.83. The van der Waals surface area contributed by atoms with Crippen molar-refractivity contribution in [3.8, 4) is 0 Å². The summed E-state index contributed by atoms with van der Waals surface area (Å²) < 4.78 is 6.36. The van der Waals surface area contributed by atoms with Gasteiger partial charge in [0.25, 0.3) is 5.91 Å². The molecule has 1 amide bonds. The fraction of sp³-hybridized carbons (Fsp3) is 0.308. The second-order valence-corrected chi connectivity index (χ2v) is 4.24. The van der Waals surface area contributed by atoms with Crippen LogP contribution in [0.1, 0.15) is 23.1 Å². The Labute approximate surface area is 110 Å². The smallest absolute Gasteiger partial charge is 0.328 e. The van der Waals surface area contributed by atoms with E-state index >= 15 is 0 Å². The number of esters is 1. The topological polar surface area (TPSA) is 72.7 Å². The van der Waals surface area contributed by atoms with Crippen LogP contribution in [-0.2, 0) is 9.53 Å². The van der Waals surface area contributed by atoms with E-state index in [1.165, 1.54) is 7.11 Å². The molecule has 0 radical (unpaired) electrons. The lowest BCUT2D eigenvalue weighted by Gasteiger charge is -2.09. The molecule has 19 heavy (non-hydrogen) atoms. The van der Waals surface area contributed by atoms with Crippen molar-refractivity contribution in [3.63, 3.8) is 0 Å². The molecule has 0 saturated heterocycles. The zero-order valence-electron chi connectivity index (χ0n) is 11.0. The van der Waals surface area contributed by atoms with Crippen molar-refractivity contribution in [2.75, 3.05) is 7.11 Å². The molecular formula is C13H15N3O3. The van der Waals surface area contributed by atoms with Crippen molar-refractivity contribution in [1.82, 2.24) is 14.7 Å². The number of hydrogen-bond acceptors (Lipinski definition) is 4. The maximum atomic E-state index is 12.0. The van der Waals surface area contributed by atoms with Gasteiger partial charge in [0.05, 0.1) is 7.11 Å². The molecule has 2 heterocycles. The average molecular weight is 261 g/mol. The van der Waals surface area contributed by atoms with E-state index in [4.69, 9.17) is 0 Å². The largest absolute Gasteiger partial charge is 0.467 e. The van der Waals surface area contributed by atoms with Crippen molar-refractivity contribution in [2.45, 2.75) is 19.9 Å². The van der Waals surface area contributed by atoms with Crippen LogP contribution < -0.4 is 5.32 Å². The molecular weight excluding hydrogens is 246 g/mol. The number of fused-ring (bicyclic) bond motifs is 1. The Morgan fingerprint density at radius 2 is 2.16 bits per heavy atom. The molecule has 6 nitrogen and oxygen atoms in total. The number of imidazole rings is 1. The number of carbonyl (C=O) groups is 2. The lowest BCUT2D eigenvalue weighted by Crippen LogP contribution is -2.39. The highest BCUT2D eigenvalue weighted by Gasteiger charge is 2.18. The maximum Gasteiger partial charge on any atom is 0.328 e. The molecule has 100 valence electrons. The molecule has 0 unspecified atom stereocenters. The van der Waals surface area contributed by atoms with E-state index in [0.29, 0.717) is 5.65 Å². The van der Waals surface area contributed by atoms with Crippen LogP contribution in [0.3, 0.4) is 0 Å². The van der Waals surface area contributed by atoms with Crippen molar-refractivity contribution in [3.05, 3.63) is 35.8 Å². The zero-order valence-corrected chi connectivity index (χ0v) is 11.0. The first kappa shape index (κ1) is 13.1. The van der Waals surface area contributed by atoms with Crippen LogP contribution in [0.5, 0.6) is 0 Å². The van der Waals surface area contributed by atoms with Crippen LogP contribution in [0.2, 0.25) is 0 Å². The molecule has 1 atom stereocenters. The highest BCUT2D eigenvalue weighted by atomic mass is 16.5. The Balaban J connectivity index is 2.22. The van der Waals surface area contributed by atoms with Crippen molar-refractivity contribution < 1.29 is 14.3 Å². The number of carbonyl (C=O) groups excluding carboxylic acids is 2. The van der Waals surface area contributed by atoms with Crippen LogP contribution in [0, 0.1) is 6.92 Å². The summed E-state index contributed by atoms with van der Waals surface area (Å²) in [5.74, 6) is -0.894. The third kappa shape index (κ3) is 2.57. The maximum absolute atomic E-state index is 12.0. The normalized spacial score (nSPS) is 12.2. The minimum absolute atomic E-state index is 0.269. The lowest BCUT2D eigenvalue weighted by atomic mass is 10.3. The Hall–Kier alpha value is -2.37. The zero-order chi connectivity index (χ0) is 14.0. The molecule has 0 fully saturated rings. The molecule has 0 aliphatic heterocycles. The van der Waals surface area contributed by atoms with Gasteiger partial charge in [-0.15, -0.1) is 0 Å². The summed E-state index contributed by atoms with van der Waals surface area (Å²) in [6.07, 6.45) is 1.64. The number of methoxy groups -OCH3 is 1. The SMILES string of the molecule is COC(=O)[C@H](C)NC(=O)c1cn2c(C)cccc2n1. The second-order valence-electron chi connectivity index (χ2n) is 4.24. The van der Waals surface area contributed by atoms with Gasteiger partial charge in [0.1, 0.15) is 17.4 Å². The second kappa shape index (κ2) is 5.09. The van der Waals surface area contributed by atoms with E-state index in [1.807, 2.05) is 29.5 Å². The predicted octanol–water partition coefficient (Wildman–Crippen LogP) is 0.934. The molecule has 0 aromatic carbocycles. The van der Waals surface area contributed by atoms with E-state index in [-0.39, 0.29) is 5.69 Å². The van der Waals surface area contributed by atoms with E-state index in [9.17, 15) is 9.59 Å². The molecule has 2 aromatic heterocycles. The molecule has 6 heteroatoms. The van der Waals surface area contributed by atoms with Crippen molar-refractivity contribution >= 4 is 17.5 Å². The molecule has 2 rings (SSSR count). The van der Waals surface area contributed by atoms with Crippen LogP contribution >= 0.6 is 0 Å². The van der Waals surface area contributed by atoms with Gasteiger partial charge < -0.3 is 14.5 Å². The Kier molecular flexibility index (Phi) is 3.50. The van der Waals surface area contributed by atoms with E-state index < -0.39 is 17.9 Å². The first-order chi connectivity index (χ1) is 9.02. The number of pyridine rings is 1. The monoisotopic (exact) mass is 261 g/mol. The van der Waals surface area contributed by atoms with Gasteiger partial charge in [-0.05, 0) is 26.0 Å². The first-order valence-corrected chi connectivity index (χ1v) is 5.86. The molecule has 0 aliphatic carbocycles. The summed E-state index contributed by atoms with van der Waals surface area (Å²) in [4.78, 5) is 27.4. The quantitative estimate of drug-likeness (QED) is 0.834. The van der Waals surface area contributed by atoms with Crippen molar-refractivity contribution in [1.29, 1.82) is 0 Å². The number of amides is 1. The number of nitrogens with zero attached hydrogens (tertiary/aromatic N) is 2. The fourth-order valence-corrected chi connectivity index (χ4v) is 1.76. The van der Waals surface area contributed by atoms with Crippen LogP contribution in [0.4, 0.5) is 0 Å². The molecule has 2 aromatic rings. The Morgan fingerprint density at radius 3 is 2.79 bits per heavy atom. The van der Waals surface area contributed by atoms with Gasteiger partial charge in [0.2, 0.25) is 0 Å². The van der Waals surface area contributed by atoms with Crippen LogP contribution in [0.25, 0.3) is 5.65 Å². The van der Waals surface area contributed by atoms with Crippen molar-refractivity contribution in [2.24, 2.45) is 0 Å². The number of ether oxygens (including phenoxy) is 1. The summed E-state index contributed by atoms with van der Waals surface area (Å²) in [6, 6.07) is 4.90. The highest BCUT2D eigenvalue weighted by molar-refractivity contribution is 5.95. The summed E-state index contributed by atoms with van der Waals surface area (Å²) in [6.45, 7) is 3.48. The summed E-state index contributed by atoms with van der Waals surface area (Å²) in [5, 5.41) is 2.54. The number of nitrogens with one attached hydrogen (secondary N) is 1. The Bertz CT molecular complexity index is 633. The number of aromatic nitrogens is 2. The van der Waals surface area contributed by atoms with E-state index in [1.54, 1.807) is 13.1 Å². The third-order valence-corrected chi connectivity index (χ3v) is 2.83. The minimum atomic E-state index is -0.705. The van der Waals surface area contributed by atoms with Gasteiger partial charge in [0.15, 0.2) is 0 Å². The fourth-order valence-electron chi connectivity index (χ4n) is 1.76. The molecule has 0 bridgehead atoms. The highest BCUT2D eigenvalue weighted by Crippen LogP contribution is 2.08. The van der Waals surface area contributed by atoms with Gasteiger partial charge in [0, 0.05) is 11.9 Å². The molecule has 0 spiro atoms. The summed E-state index contributed by atoms with van der Waals surface area (Å²) in [5.41, 5.74) is 1.94. The van der Waals surface area contributed by atoms with Gasteiger partial charge in [-0.3, -0.25) is 4.79 Å². The summed E-state index contributed by atoms with van der Waals surface area (Å²) in [7, 11) is 1.28. The van der Waals surface area contributed by atoms with Gasteiger partial charge in [-0.25, -0.2) is 9.78 Å². The predicted molar refractivity (Wildman–Crippen MR) is 68.9 cm³/mol. The van der Waals surface area contributed by atoms with Gasteiger partial charge in [-0.2, -0.15) is 0 Å². The van der Waals surface area contributed by atoms with E-state index in [2.05, 4.69) is 15.0 Å². The molecule has 0 aliphatic rings. The minimum Gasteiger partial charge on any atom is -0.467 e. The van der Waals surface area contributed by atoms with Crippen LogP contribution in [0.15, 0.2) is 24.4 Å². The summed E-state index contributed by atoms with van der Waals surface area (Å²) >= 11 is 0. The number of rotatable bonds is 3. The molecule has 1 N–H and O–H groups in total. The third-order valence-electron chi connectivity index (χ3n) is 2.83. The number of hydrogen-bond donors (Lipinski definition) is 1. The van der Waals surface area contributed by atoms with Gasteiger partial charge in [-0.1, -0.05) is 6.07 Å². The molecule has 0 saturated carbocycles. The van der Waals surface area contributed by atoms with Crippen LogP contribution in [-0.4, -0.2) is 34.4 Å². The van der Waals surface area contributed by atoms with E-state index in [0.717, 1.165) is 5.69 Å². The van der Waals surface area contributed by atoms with Gasteiger partial charge >= 0.3 is 5.97 Å². The Morgan fingerprint density at radius 1 is 1.42 bits per heavy atom. The standard InChI is InChI=1S/C13H15N3O3/c1-8-5-4-6-11-15-10(7-16(8)11)12(17)14-9(2)13(18)19-3/h4-7,9H,1-3H3,(H,14,17)/t9-/m0/s1.